The molecule has 0 saturated carbocycles. The van der Waals surface area contributed by atoms with Gasteiger partial charge in [0.1, 0.15) is 5.82 Å². The number of benzene rings is 1. The first-order valence-corrected chi connectivity index (χ1v) is 8.42. The van der Waals surface area contributed by atoms with Crippen LogP contribution in [0.25, 0.3) is 5.69 Å². The molecule has 0 saturated heterocycles. The maximum Gasteiger partial charge on any atom is 0.141 e. The largest absolute Gasteiger partial charge is 0.324 e. The van der Waals surface area contributed by atoms with Crippen LogP contribution in [0.3, 0.4) is 0 Å². The van der Waals surface area contributed by atoms with E-state index in [0.717, 1.165) is 0 Å². The average molecular weight is 288 g/mol. The molecule has 2 rings (SSSR count). The van der Waals surface area contributed by atoms with Gasteiger partial charge in [0, 0.05) is 6.16 Å². The van der Waals surface area contributed by atoms with E-state index in [4.69, 9.17) is 11.6 Å². The monoisotopic (exact) mass is 287 g/mol. The third-order valence-electron chi connectivity index (χ3n) is 2.25. The van der Waals surface area contributed by atoms with Crippen LogP contribution in [-0.4, -0.2) is 28.3 Å². The molecule has 4 nitrogen and oxygen atoms in total. The second-order valence-electron chi connectivity index (χ2n) is 4.48. The fourth-order valence-electron chi connectivity index (χ4n) is 1.51. The minimum Gasteiger partial charge on any atom is -0.324 e. The number of halogens is 2. The van der Waals surface area contributed by atoms with Gasteiger partial charge in [-0.25, -0.2) is 9.07 Å². The summed E-state index contributed by atoms with van der Waals surface area (Å²) in [6.07, 6.45) is 2.06. The number of rotatable bonds is 3. The average Bonchev–Trinajstić information content (AvgIpc) is 2.68. The quantitative estimate of drug-likeness (QED) is 0.815. The molecule has 0 aliphatic carbocycles. The van der Waals surface area contributed by atoms with Crippen molar-refractivity contribution in [2.75, 3.05) is 13.3 Å². The van der Waals surface area contributed by atoms with E-state index in [2.05, 4.69) is 10.3 Å². The van der Waals surface area contributed by atoms with E-state index < -0.39 is 13.0 Å². The lowest BCUT2D eigenvalue weighted by molar-refractivity contribution is 0.581. The van der Waals surface area contributed by atoms with Crippen LogP contribution in [0, 0.1) is 5.82 Å². The van der Waals surface area contributed by atoms with Gasteiger partial charge in [-0.05, 0) is 31.5 Å². The Morgan fingerprint density at radius 3 is 2.78 bits per heavy atom. The van der Waals surface area contributed by atoms with Crippen LogP contribution in [0.2, 0.25) is 5.02 Å². The molecule has 7 heteroatoms. The van der Waals surface area contributed by atoms with Crippen LogP contribution in [0.5, 0.6) is 0 Å². The van der Waals surface area contributed by atoms with Gasteiger partial charge in [0.2, 0.25) is 0 Å². The van der Waals surface area contributed by atoms with Crippen LogP contribution in [0.15, 0.2) is 24.4 Å². The molecule has 96 valence electrons. The summed E-state index contributed by atoms with van der Waals surface area (Å²) in [6.45, 7) is 3.39. The summed E-state index contributed by atoms with van der Waals surface area (Å²) in [5.74, 6) is -0.479. The van der Waals surface area contributed by atoms with E-state index in [1.54, 1.807) is 25.6 Å². The van der Waals surface area contributed by atoms with Crippen LogP contribution >= 0.6 is 18.7 Å². The second-order valence-corrected chi connectivity index (χ2v) is 8.36. The molecule has 0 N–H and O–H groups in total. The number of nitrogens with zero attached hydrogens (tertiary/aromatic N) is 3. The molecule has 0 bridgehead atoms. The van der Waals surface area contributed by atoms with Crippen LogP contribution < -0.4 is 0 Å². The zero-order valence-electron chi connectivity index (χ0n) is 9.97. The topological polar surface area (TPSA) is 47.8 Å². The zero-order valence-corrected chi connectivity index (χ0v) is 11.6. The molecule has 0 aliphatic rings. The van der Waals surface area contributed by atoms with E-state index in [-0.39, 0.29) is 5.02 Å². The minimum atomic E-state index is -2.19. The Hall–Kier alpha value is -1.19. The summed E-state index contributed by atoms with van der Waals surface area (Å²) in [4.78, 5) is 0. The Morgan fingerprint density at radius 2 is 2.17 bits per heavy atom. The lowest BCUT2D eigenvalue weighted by Crippen LogP contribution is -1.95. The molecule has 2 aromatic rings. The van der Waals surface area contributed by atoms with Gasteiger partial charge in [-0.15, -0.1) is 5.10 Å². The summed E-state index contributed by atoms with van der Waals surface area (Å²) in [7, 11) is -2.19. The maximum atomic E-state index is 13.0. The van der Waals surface area contributed by atoms with Crippen molar-refractivity contribution in [2.45, 2.75) is 6.16 Å². The number of hydrogen-bond acceptors (Lipinski definition) is 3. The van der Waals surface area contributed by atoms with Crippen LogP contribution in [-0.2, 0) is 10.7 Å². The Morgan fingerprint density at radius 1 is 1.44 bits per heavy atom. The molecule has 1 heterocycles. The molecule has 0 aliphatic heterocycles. The van der Waals surface area contributed by atoms with Crippen molar-refractivity contribution >= 4 is 18.7 Å². The highest BCUT2D eigenvalue weighted by Crippen LogP contribution is 2.39. The molecular weight excluding hydrogens is 276 g/mol. The SMILES string of the molecule is CP(C)(=O)Cc1cn(-c2ccc(F)c(Cl)c2)nn1. The van der Waals surface area contributed by atoms with Crippen LogP contribution in [0.4, 0.5) is 4.39 Å². The molecule has 0 fully saturated rings. The van der Waals surface area contributed by atoms with Crippen molar-refractivity contribution in [3.63, 3.8) is 0 Å². The van der Waals surface area contributed by atoms with Gasteiger partial charge in [-0.1, -0.05) is 16.8 Å². The molecule has 0 amide bonds. The molecule has 0 atom stereocenters. The lowest BCUT2D eigenvalue weighted by atomic mass is 10.3. The highest BCUT2D eigenvalue weighted by atomic mass is 35.5. The Bertz CT molecular complexity index is 623. The van der Waals surface area contributed by atoms with Crippen molar-refractivity contribution < 1.29 is 8.96 Å². The molecule has 0 unspecified atom stereocenters. The van der Waals surface area contributed by atoms with Crippen molar-refractivity contribution in [3.05, 3.63) is 40.9 Å². The fourth-order valence-corrected chi connectivity index (χ4v) is 2.61. The third kappa shape index (κ3) is 3.18. The standard InChI is InChI=1S/C11H12ClFN3OP/c1-18(2,17)7-8-6-16(15-14-8)9-3-4-11(13)10(12)5-9/h3-6H,7H2,1-2H3. The van der Waals surface area contributed by atoms with E-state index in [9.17, 15) is 8.96 Å². The van der Waals surface area contributed by atoms with Crippen molar-refractivity contribution in [1.29, 1.82) is 0 Å². The number of hydrogen-bond donors (Lipinski definition) is 0. The van der Waals surface area contributed by atoms with Crippen molar-refractivity contribution in [2.24, 2.45) is 0 Å². The molecular formula is C11H12ClFN3OP. The van der Waals surface area contributed by atoms with Gasteiger partial charge in [0.15, 0.2) is 0 Å². The van der Waals surface area contributed by atoms with Gasteiger partial charge in [-0.3, -0.25) is 0 Å². The summed E-state index contributed by atoms with van der Waals surface area (Å²) in [5.41, 5.74) is 1.26. The molecule has 0 radical (unpaired) electrons. The van der Waals surface area contributed by atoms with E-state index in [0.29, 0.717) is 17.5 Å². The first kappa shape index (κ1) is 13.2. The van der Waals surface area contributed by atoms with E-state index >= 15 is 0 Å². The summed E-state index contributed by atoms with van der Waals surface area (Å²) < 4.78 is 26.2. The normalized spacial score (nSPS) is 11.8. The zero-order chi connectivity index (χ0) is 13.3. The number of aromatic nitrogens is 3. The van der Waals surface area contributed by atoms with Gasteiger partial charge >= 0.3 is 0 Å². The minimum absolute atomic E-state index is 0.0289. The smallest absolute Gasteiger partial charge is 0.141 e. The summed E-state index contributed by atoms with van der Waals surface area (Å²) in [5, 5.41) is 7.87. The third-order valence-corrected chi connectivity index (χ3v) is 3.63. The van der Waals surface area contributed by atoms with Crippen molar-refractivity contribution in [3.8, 4) is 5.69 Å². The highest BCUT2D eigenvalue weighted by Gasteiger charge is 2.12. The molecule has 1 aromatic carbocycles. The molecule has 0 spiro atoms. The van der Waals surface area contributed by atoms with E-state index in [1.165, 1.54) is 16.8 Å². The van der Waals surface area contributed by atoms with E-state index in [1.807, 2.05) is 0 Å². The van der Waals surface area contributed by atoms with Gasteiger partial charge < -0.3 is 4.57 Å². The molecule has 18 heavy (non-hydrogen) atoms. The van der Waals surface area contributed by atoms with Crippen molar-refractivity contribution in [1.82, 2.24) is 15.0 Å². The Labute approximate surface area is 109 Å². The molecule has 1 aromatic heterocycles. The fraction of sp³-hybridized carbons (Fsp3) is 0.273. The Kier molecular flexibility index (Phi) is 3.55. The second kappa shape index (κ2) is 4.82. The maximum absolute atomic E-state index is 13.0. The first-order chi connectivity index (χ1) is 8.35. The summed E-state index contributed by atoms with van der Waals surface area (Å²) in [6, 6.07) is 4.29. The van der Waals surface area contributed by atoms with Gasteiger partial charge in [0.05, 0.1) is 29.7 Å². The summed E-state index contributed by atoms with van der Waals surface area (Å²) >= 11 is 5.70. The highest BCUT2D eigenvalue weighted by molar-refractivity contribution is 7.61. The van der Waals surface area contributed by atoms with Gasteiger partial charge in [0.25, 0.3) is 0 Å². The predicted molar refractivity (Wildman–Crippen MR) is 69.5 cm³/mol. The first-order valence-electron chi connectivity index (χ1n) is 5.26. The lowest BCUT2D eigenvalue weighted by Gasteiger charge is -2.02. The van der Waals surface area contributed by atoms with Gasteiger partial charge in [-0.2, -0.15) is 0 Å². The van der Waals surface area contributed by atoms with Crippen LogP contribution in [0.1, 0.15) is 5.69 Å². The predicted octanol–water partition coefficient (Wildman–Crippen LogP) is 3.18. The Balaban J connectivity index is 2.29.